The quantitative estimate of drug-likeness (QED) is 0.571. The van der Waals surface area contributed by atoms with Gasteiger partial charge in [-0.15, -0.1) is 11.8 Å². The van der Waals surface area contributed by atoms with Crippen molar-refractivity contribution in [3.63, 3.8) is 0 Å². The summed E-state index contributed by atoms with van der Waals surface area (Å²) in [5, 5.41) is 7.35. The van der Waals surface area contributed by atoms with Gasteiger partial charge in [-0.25, -0.2) is 0 Å². The van der Waals surface area contributed by atoms with Crippen LogP contribution in [0.4, 0.5) is 5.69 Å². The fourth-order valence-corrected chi connectivity index (χ4v) is 3.92. The van der Waals surface area contributed by atoms with Gasteiger partial charge in [0, 0.05) is 10.6 Å². The van der Waals surface area contributed by atoms with E-state index in [0.717, 1.165) is 5.69 Å². The molecule has 1 aliphatic carbocycles. The molecule has 1 aliphatic rings. The van der Waals surface area contributed by atoms with Crippen molar-refractivity contribution >= 4 is 34.8 Å². The lowest BCUT2D eigenvalue weighted by atomic mass is 9.89. The van der Waals surface area contributed by atoms with Crippen LogP contribution < -0.4 is 10.6 Å². The van der Waals surface area contributed by atoms with Gasteiger partial charge in [0.25, 0.3) is 0 Å². The highest BCUT2D eigenvalue weighted by Gasteiger charge is 2.13. The van der Waals surface area contributed by atoms with Gasteiger partial charge < -0.3 is 10.6 Å². The number of rotatable bonds is 4. The van der Waals surface area contributed by atoms with E-state index in [4.69, 9.17) is 12.2 Å². The second-order valence-electron chi connectivity index (χ2n) is 6.29. The molecular weight excluding hydrogens is 332 g/mol. The van der Waals surface area contributed by atoms with Crippen LogP contribution >= 0.6 is 24.0 Å². The molecule has 0 amide bonds. The molecule has 24 heavy (non-hydrogen) atoms. The first-order chi connectivity index (χ1) is 11.7. The molecule has 126 valence electrons. The summed E-state index contributed by atoms with van der Waals surface area (Å²) in [6.07, 6.45) is 7.14. The largest absolute Gasteiger partial charge is 0.356 e. The standard InChI is InChI=1S/C20H24N2S2/c1-14(16-11-10-15-6-3-4-7-17(15)12-16)21-20(23)22-18-8-5-9-19(13-18)24-2/h5,8-14H,3-4,6-7H2,1-2H3,(H2,21,22,23). The molecule has 1 atom stereocenters. The van der Waals surface area contributed by atoms with Crippen LogP contribution in [-0.2, 0) is 12.8 Å². The van der Waals surface area contributed by atoms with Crippen molar-refractivity contribution in [3.8, 4) is 0 Å². The maximum atomic E-state index is 5.48. The van der Waals surface area contributed by atoms with Crippen LogP contribution in [-0.4, -0.2) is 11.4 Å². The highest BCUT2D eigenvalue weighted by Crippen LogP contribution is 2.25. The Balaban J connectivity index is 1.63. The topological polar surface area (TPSA) is 24.1 Å². The van der Waals surface area contributed by atoms with E-state index in [2.05, 4.69) is 54.1 Å². The Morgan fingerprint density at radius 2 is 1.88 bits per heavy atom. The molecule has 3 rings (SSSR count). The number of thioether (sulfide) groups is 1. The minimum Gasteiger partial charge on any atom is -0.356 e. The predicted octanol–water partition coefficient (Wildman–Crippen LogP) is 5.33. The molecule has 0 spiro atoms. The smallest absolute Gasteiger partial charge is 0.171 e. The Bertz CT molecular complexity index is 727. The molecule has 2 nitrogen and oxygen atoms in total. The van der Waals surface area contributed by atoms with Crippen molar-refractivity contribution in [2.45, 2.75) is 43.5 Å². The molecule has 2 N–H and O–H groups in total. The number of hydrogen-bond donors (Lipinski definition) is 2. The zero-order chi connectivity index (χ0) is 16.9. The summed E-state index contributed by atoms with van der Waals surface area (Å²) in [4.78, 5) is 1.23. The highest BCUT2D eigenvalue weighted by molar-refractivity contribution is 7.98. The summed E-state index contributed by atoms with van der Waals surface area (Å²) < 4.78 is 0. The fourth-order valence-electron chi connectivity index (χ4n) is 3.17. The lowest BCUT2D eigenvalue weighted by Gasteiger charge is -2.21. The Hall–Kier alpha value is -1.52. The van der Waals surface area contributed by atoms with E-state index < -0.39 is 0 Å². The SMILES string of the molecule is CSc1cccc(NC(=S)NC(C)c2ccc3c(c2)CCCC3)c1. The van der Waals surface area contributed by atoms with E-state index in [1.54, 1.807) is 11.8 Å². The third kappa shape index (κ3) is 4.31. The van der Waals surface area contributed by atoms with Crippen LogP contribution in [0.5, 0.6) is 0 Å². The van der Waals surface area contributed by atoms with Gasteiger partial charge in [-0.3, -0.25) is 0 Å². The number of anilines is 1. The molecule has 0 aromatic heterocycles. The van der Waals surface area contributed by atoms with E-state index in [1.165, 1.54) is 47.3 Å². The lowest BCUT2D eigenvalue weighted by molar-refractivity contribution is 0.675. The number of aryl methyl sites for hydroxylation is 2. The van der Waals surface area contributed by atoms with Gasteiger partial charge in [0.1, 0.15) is 0 Å². The monoisotopic (exact) mass is 356 g/mol. The van der Waals surface area contributed by atoms with Gasteiger partial charge in [-0.05, 0) is 86.0 Å². The second kappa shape index (κ2) is 8.04. The molecular formula is C20H24N2S2. The van der Waals surface area contributed by atoms with Crippen LogP contribution in [0.1, 0.15) is 42.5 Å². The van der Waals surface area contributed by atoms with E-state index in [9.17, 15) is 0 Å². The number of hydrogen-bond acceptors (Lipinski definition) is 2. The molecule has 0 aliphatic heterocycles. The van der Waals surface area contributed by atoms with Gasteiger partial charge in [0.05, 0.1) is 6.04 Å². The van der Waals surface area contributed by atoms with Crippen LogP contribution in [0.25, 0.3) is 0 Å². The Kier molecular flexibility index (Phi) is 5.80. The summed E-state index contributed by atoms with van der Waals surface area (Å²) in [6, 6.07) is 15.4. The maximum absolute atomic E-state index is 5.48. The summed E-state index contributed by atoms with van der Waals surface area (Å²) in [5.74, 6) is 0. The molecule has 0 saturated heterocycles. The summed E-state index contributed by atoms with van der Waals surface area (Å²) in [5.41, 5.74) is 5.36. The van der Waals surface area contributed by atoms with Gasteiger partial charge in [0.2, 0.25) is 0 Å². The molecule has 2 aromatic rings. The Morgan fingerprint density at radius 3 is 2.67 bits per heavy atom. The summed E-state index contributed by atoms with van der Waals surface area (Å²) >= 11 is 7.21. The van der Waals surface area contributed by atoms with Crippen molar-refractivity contribution < 1.29 is 0 Å². The van der Waals surface area contributed by atoms with Crippen molar-refractivity contribution in [3.05, 3.63) is 59.2 Å². The third-order valence-electron chi connectivity index (χ3n) is 4.55. The van der Waals surface area contributed by atoms with Crippen LogP contribution in [0.3, 0.4) is 0 Å². The maximum Gasteiger partial charge on any atom is 0.171 e. The van der Waals surface area contributed by atoms with E-state index in [-0.39, 0.29) is 6.04 Å². The van der Waals surface area contributed by atoms with E-state index >= 15 is 0 Å². The number of fused-ring (bicyclic) bond motifs is 1. The normalized spacial score (nSPS) is 14.6. The van der Waals surface area contributed by atoms with E-state index in [1.807, 2.05) is 12.1 Å². The van der Waals surface area contributed by atoms with Crippen molar-refractivity contribution in [2.75, 3.05) is 11.6 Å². The average Bonchev–Trinajstić information content (AvgIpc) is 2.61. The zero-order valence-corrected chi connectivity index (χ0v) is 15.9. The molecule has 0 heterocycles. The molecule has 0 saturated carbocycles. The van der Waals surface area contributed by atoms with E-state index in [0.29, 0.717) is 5.11 Å². The fraction of sp³-hybridized carbons (Fsp3) is 0.350. The molecule has 0 radical (unpaired) electrons. The summed E-state index contributed by atoms with van der Waals surface area (Å²) in [7, 11) is 0. The Morgan fingerprint density at radius 1 is 1.08 bits per heavy atom. The molecule has 0 fully saturated rings. The zero-order valence-electron chi connectivity index (χ0n) is 14.3. The Labute approximate surface area is 154 Å². The van der Waals surface area contributed by atoms with Crippen LogP contribution in [0, 0.1) is 0 Å². The first-order valence-electron chi connectivity index (χ1n) is 8.49. The number of benzene rings is 2. The van der Waals surface area contributed by atoms with Crippen LogP contribution in [0.15, 0.2) is 47.4 Å². The minimum atomic E-state index is 0.195. The highest BCUT2D eigenvalue weighted by atomic mass is 32.2. The lowest BCUT2D eigenvalue weighted by Crippen LogP contribution is -2.31. The molecule has 0 bridgehead atoms. The second-order valence-corrected chi connectivity index (χ2v) is 7.58. The van der Waals surface area contributed by atoms with Crippen LogP contribution in [0.2, 0.25) is 0 Å². The van der Waals surface area contributed by atoms with Gasteiger partial charge in [-0.2, -0.15) is 0 Å². The number of nitrogens with one attached hydrogen (secondary N) is 2. The van der Waals surface area contributed by atoms with Gasteiger partial charge in [0.15, 0.2) is 5.11 Å². The van der Waals surface area contributed by atoms with Gasteiger partial charge >= 0.3 is 0 Å². The molecule has 1 unspecified atom stereocenters. The van der Waals surface area contributed by atoms with Crippen molar-refractivity contribution in [2.24, 2.45) is 0 Å². The van der Waals surface area contributed by atoms with Crippen molar-refractivity contribution in [1.82, 2.24) is 5.32 Å². The summed E-state index contributed by atoms with van der Waals surface area (Å²) in [6.45, 7) is 2.16. The number of thiocarbonyl (C=S) groups is 1. The van der Waals surface area contributed by atoms with Gasteiger partial charge in [-0.1, -0.05) is 24.3 Å². The predicted molar refractivity (Wildman–Crippen MR) is 109 cm³/mol. The first-order valence-corrected chi connectivity index (χ1v) is 10.1. The van der Waals surface area contributed by atoms with Crippen molar-refractivity contribution in [1.29, 1.82) is 0 Å². The first kappa shape index (κ1) is 17.3. The molecule has 4 heteroatoms. The minimum absolute atomic E-state index is 0.195. The average molecular weight is 357 g/mol. The molecule has 2 aromatic carbocycles. The third-order valence-corrected chi connectivity index (χ3v) is 5.49.